The maximum absolute atomic E-state index is 12.9. The molecule has 1 spiro atoms. The van der Waals surface area contributed by atoms with Crippen molar-refractivity contribution in [3.63, 3.8) is 0 Å². The van der Waals surface area contributed by atoms with Gasteiger partial charge in [-0.3, -0.25) is 9.69 Å². The third-order valence-electron chi connectivity index (χ3n) is 5.88. The van der Waals surface area contributed by atoms with Gasteiger partial charge in [-0.05, 0) is 43.3 Å². The Morgan fingerprint density at radius 3 is 2.88 bits per heavy atom. The lowest BCUT2D eigenvalue weighted by molar-refractivity contribution is -0.136. The molecular weight excluding hydrogens is 332 g/mol. The summed E-state index contributed by atoms with van der Waals surface area (Å²) in [6.07, 6.45) is 1.99. The minimum Gasteiger partial charge on any atom is -0.383 e. The van der Waals surface area contributed by atoms with Crippen LogP contribution in [0.4, 0.5) is 0 Å². The predicted octanol–water partition coefficient (Wildman–Crippen LogP) is 3.28. The summed E-state index contributed by atoms with van der Waals surface area (Å²) in [5.41, 5.74) is 1.30. The van der Waals surface area contributed by atoms with E-state index in [1.807, 2.05) is 16.2 Å². The maximum atomic E-state index is 12.9. The topological polar surface area (TPSA) is 32.8 Å². The van der Waals surface area contributed by atoms with Crippen LogP contribution in [0.1, 0.15) is 23.3 Å². The molecule has 0 N–H and O–H groups in total. The van der Waals surface area contributed by atoms with Crippen LogP contribution in [0.25, 0.3) is 10.1 Å². The summed E-state index contributed by atoms with van der Waals surface area (Å²) in [7, 11) is 1.70. The van der Waals surface area contributed by atoms with Crippen LogP contribution in [-0.4, -0.2) is 55.6 Å². The fourth-order valence-electron chi connectivity index (χ4n) is 4.42. The molecule has 0 radical (unpaired) electrons. The number of hydrogen-bond donors (Lipinski definition) is 0. The third kappa shape index (κ3) is 2.98. The van der Waals surface area contributed by atoms with Crippen LogP contribution in [0.15, 0.2) is 24.3 Å². The number of fused-ring (bicyclic) bond motifs is 1. The molecule has 0 bridgehead atoms. The summed E-state index contributed by atoms with van der Waals surface area (Å²) in [5.74, 6) is 0.346. The molecule has 25 heavy (non-hydrogen) atoms. The average Bonchev–Trinajstić information content (AvgIpc) is 3.26. The molecule has 3 heterocycles. The molecule has 2 aliphatic heterocycles. The number of likely N-dealkylation sites (tertiary alicyclic amines) is 2. The van der Waals surface area contributed by atoms with E-state index >= 15 is 0 Å². The number of ether oxygens (including phenoxy) is 1. The van der Waals surface area contributed by atoms with Crippen LogP contribution < -0.4 is 0 Å². The molecule has 0 saturated carbocycles. The number of methoxy groups -OCH3 is 1. The average molecular weight is 359 g/mol. The molecule has 5 heteroatoms. The highest BCUT2D eigenvalue weighted by molar-refractivity contribution is 7.19. The Labute approximate surface area is 153 Å². The van der Waals surface area contributed by atoms with Crippen molar-refractivity contribution in [2.75, 3.05) is 39.9 Å². The predicted molar refractivity (Wildman–Crippen MR) is 102 cm³/mol. The fourth-order valence-corrected chi connectivity index (χ4v) is 5.50. The van der Waals surface area contributed by atoms with Crippen molar-refractivity contribution in [3.05, 3.63) is 34.7 Å². The SMILES string of the molecule is COCCN1CCC2(CCN(Cc3c(C)sc4ccccc34)C2)C1=O. The van der Waals surface area contributed by atoms with Gasteiger partial charge in [0.1, 0.15) is 0 Å². The van der Waals surface area contributed by atoms with Crippen LogP contribution in [-0.2, 0) is 16.1 Å². The number of thiophene rings is 1. The maximum Gasteiger partial charge on any atom is 0.230 e. The van der Waals surface area contributed by atoms with Crippen molar-refractivity contribution < 1.29 is 9.53 Å². The lowest BCUT2D eigenvalue weighted by Crippen LogP contribution is -2.38. The van der Waals surface area contributed by atoms with E-state index in [1.54, 1.807) is 7.11 Å². The lowest BCUT2D eigenvalue weighted by Gasteiger charge is -2.23. The first-order valence-electron chi connectivity index (χ1n) is 9.11. The van der Waals surface area contributed by atoms with Gasteiger partial charge in [-0.2, -0.15) is 0 Å². The second-order valence-corrected chi connectivity index (χ2v) is 8.67. The zero-order chi connectivity index (χ0) is 17.4. The molecule has 1 atom stereocenters. The Hall–Kier alpha value is -1.43. The van der Waals surface area contributed by atoms with Crippen molar-refractivity contribution in [3.8, 4) is 0 Å². The number of benzene rings is 1. The molecule has 4 nitrogen and oxygen atoms in total. The lowest BCUT2D eigenvalue weighted by atomic mass is 9.85. The van der Waals surface area contributed by atoms with E-state index in [2.05, 4.69) is 36.1 Å². The first-order valence-corrected chi connectivity index (χ1v) is 9.92. The number of carbonyl (C=O) groups excluding carboxylic acids is 1. The summed E-state index contributed by atoms with van der Waals surface area (Å²) in [6.45, 7) is 7.35. The molecule has 1 unspecified atom stereocenters. The van der Waals surface area contributed by atoms with E-state index in [-0.39, 0.29) is 5.41 Å². The van der Waals surface area contributed by atoms with Gasteiger partial charge in [-0.1, -0.05) is 18.2 Å². The number of aryl methyl sites for hydroxylation is 1. The van der Waals surface area contributed by atoms with Crippen molar-refractivity contribution in [2.45, 2.75) is 26.3 Å². The highest BCUT2D eigenvalue weighted by atomic mass is 32.1. The van der Waals surface area contributed by atoms with Gasteiger partial charge in [0, 0.05) is 42.9 Å². The van der Waals surface area contributed by atoms with E-state index in [0.29, 0.717) is 12.5 Å². The molecule has 2 fully saturated rings. The zero-order valence-corrected chi connectivity index (χ0v) is 15.9. The van der Waals surface area contributed by atoms with E-state index in [9.17, 15) is 4.79 Å². The zero-order valence-electron chi connectivity index (χ0n) is 15.1. The molecule has 1 aromatic heterocycles. The summed E-state index contributed by atoms with van der Waals surface area (Å²) < 4.78 is 6.51. The Morgan fingerprint density at radius 1 is 1.24 bits per heavy atom. The Balaban J connectivity index is 1.48. The van der Waals surface area contributed by atoms with Gasteiger partial charge in [0.2, 0.25) is 5.91 Å². The van der Waals surface area contributed by atoms with Crippen LogP contribution >= 0.6 is 11.3 Å². The monoisotopic (exact) mass is 358 g/mol. The second-order valence-electron chi connectivity index (χ2n) is 7.41. The number of carbonyl (C=O) groups is 1. The molecule has 134 valence electrons. The van der Waals surface area contributed by atoms with Crippen LogP contribution in [0.5, 0.6) is 0 Å². The van der Waals surface area contributed by atoms with Crippen molar-refractivity contribution >= 4 is 27.3 Å². The van der Waals surface area contributed by atoms with Crippen LogP contribution in [0, 0.1) is 12.3 Å². The first-order chi connectivity index (χ1) is 12.1. The van der Waals surface area contributed by atoms with E-state index in [0.717, 1.165) is 45.6 Å². The van der Waals surface area contributed by atoms with E-state index in [1.165, 1.54) is 20.5 Å². The number of hydrogen-bond acceptors (Lipinski definition) is 4. The standard InChI is InChI=1S/C20H26N2O2S/c1-15-17(16-5-3-4-6-18(16)25-15)13-21-9-7-20(14-21)8-10-22(19(20)23)11-12-24-2/h3-6H,7-14H2,1-2H3. The van der Waals surface area contributed by atoms with Gasteiger partial charge < -0.3 is 9.64 Å². The summed E-state index contributed by atoms with van der Waals surface area (Å²) >= 11 is 1.88. The normalized spacial score (nSPS) is 24.2. The smallest absolute Gasteiger partial charge is 0.230 e. The van der Waals surface area contributed by atoms with Gasteiger partial charge in [0.15, 0.2) is 0 Å². The number of rotatable bonds is 5. The fraction of sp³-hybridized carbons (Fsp3) is 0.550. The highest BCUT2D eigenvalue weighted by Gasteiger charge is 2.50. The number of amides is 1. The van der Waals surface area contributed by atoms with Gasteiger partial charge >= 0.3 is 0 Å². The Bertz CT molecular complexity index is 787. The molecular formula is C20H26N2O2S. The molecule has 2 aliphatic rings. The van der Waals surface area contributed by atoms with Crippen LogP contribution in [0.2, 0.25) is 0 Å². The van der Waals surface area contributed by atoms with Gasteiger partial charge in [-0.15, -0.1) is 11.3 Å². The minimum atomic E-state index is -0.145. The highest BCUT2D eigenvalue weighted by Crippen LogP contribution is 2.42. The first kappa shape index (κ1) is 17.0. The van der Waals surface area contributed by atoms with Crippen LogP contribution in [0.3, 0.4) is 0 Å². The summed E-state index contributed by atoms with van der Waals surface area (Å²) in [4.78, 5) is 18.8. The number of nitrogens with zero attached hydrogens (tertiary/aromatic N) is 2. The molecule has 2 saturated heterocycles. The van der Waals surface area contributed by atoms with Gasteiger partial charge in [-0.25, -0.2) is 0 Å². The van der Waals surface area contributed by atoms with E-state index in [4.69, 9.17) is 4.74 Å². The third-order valence-corrected chi connectivity index (χ3v) is 7.01. The molecule has 0 aliphatic carbocycles. The molecule has 2 aromatic rings. The summed E-state index contributed by atoms with van der Waals surface area (Å²) in [5, 5.41) is 1.38. The van der Waals surface area contributed by atoms with Crippen molar-refractivity contribution in [1.29, 1.82) is 0 Å². The van der Waals surface area contributed by atoms with Crippen molar-refractivity contribution in [1.82, 2.24) is 9.80 Å². The largest absolute Gasteiger partial charge is 0.383 e. The Morgan fingerprint density at radius 2 is 2.04 bits per heavy atom. The minimum absolute atomic E-state index is 0.145. The van der Waals surface area contributed by atoms with Gasteiger partial charge in [0.25, 0.3) is 0 Å². The van der Waals surface area contributed by atoms with Crippen molar-refractivity contribution in [2.24, 2.45) is 5.41 Å². The second kappa shape index (κ2) is 6.71. The quantitative estimate of drug-likeness (QED) is 0.822. The summed E-state index contributed by atoms with van der Waals surface area (Å²) in [6, 6.07) is 8.67. The molecule has 4 rings (SSSR count). The molecule has 1 amide bonds. The Kier molecular flexibility index (Phi) is 4.56. The van der Waals surface area contributed by atoms with Gasteiger partial charge in [0.05, 0.1) is 12.0 Å². The van der Waals surface area contributed by atoms with E-state index < -0.39 is 0 Å². The molecule has 1 aromatic carbocycles.